The highest BCUT2D eigenvalue weighted by molar-refractivity contribution is 6.43. The van der Waals surface area contributed by atoms with Crippen LogP contribution >= 0.6 is 23.2 Å². The Labute approximate surface area is 110 Å². The molecule has 0 aliphatic carbocycles. The van der Waals surface area contributed by atoms with Crippen LogP contribution in [-0.2, 0) is 0 Å². The fraction of sp³-hybridized carbons (Fsp3) is 0. The van der Waals surface area contributed by atoms with Gasteiger partial charge in [-0.15, -0.1) is 0 Å². The highest BCUT2D eigenvalue weighted by Gasteiger charge is 2.13. The van der Waals surface area contributed by atoms with Crippen LogP contribution in [0.1, 0.15) is 10.5 Å². The topological polar surface area (TPSA) is 101 Å². The zero-order valence-electron chi connectivity index (χ0n) is 8.65. The molecule has 2 rings (SSSR count). The average Bonchev–Trinajstić information content (AvgIpc) is 2.36. The second-order valence-corrected chi connectivity index (χ2v) is 3.81. The van der Waals surface area contributed by atoms with E-state index >= 15 is 0 Å². The van der Waals surface area contributed by atoms with Crippen LogP contribution in [0.3, 0.4) is 0 Å². The third-order valence-electron chi connectivity index (χ3n) is 1.88. The van der Waals surface area contributed by atoms with Crippen molar-refractivity contribution >= 4 is 34.9 Å². The van der Waals surface area contributed by atoms with Gasteiger partial charge in [0.15, 0.2) is 11.0 Å². The van der Waals surface area contributed by atoms with Crippen molar-refractivity contribution in [2.45, 2.75) is 0 Å². The first-order chi connectivity index (χ1) is 8.58. The Bertz CT molecular complexity index is 637. The zero-order valence-corrected chi connectivity index (χ0v) is 10.2. The van der Waals surface area contributed by atoms with Gasteiger partial charge in [0, 0.05) is 6.20 Å². The number of amides is 1. The van der Waals surface area contributed by atoms with Gasteiger partial charge in [-0.2, -0.15) is 0 Å². The summed E-state index contributed by atoms with van der Waals surface area (Å²) >= 11 is 11.5. The summed E-state index contributed by atoms with van der Waals surface area (Å²) in [7, 11) is 0. The number of anilines is 1. The first kappa shape index (κ1) is 12.5. The normalized spacial score (nSPS) is 10.1. The third kappa shape index (κ3) is 2.63. The lowest BCUT2D eigenvalue weighted by atomic mass is 10.4. The van der Waals surface area contributed by atoms with E-state index in [1.807, 2.05) is 0 Å². The van der Waals surface area contributed by atoms with Gasteiger partial charge in [-0.3, -0.25) is 9.59 Å². The molecule has 0 unspecified atom stereocenters. The van der Waals surface area contributed by atoms with E-state index < -0.39 is 11.5 Å². The van der Waals surface area contributed by atoms with Gasteiger partial charge in [0.2, 0.25) is 0 Å². The number of hydrogen-bond donors (Lipinski definition) is 2. The smallest absolute Gasteiger partial charge is 0.276 e. The molecule has 2 N–H and O–H groups in total. The predicted molar refractivity (Wildman–Crippen MR) is 64.9 cm³/mol. The molecule has 1 amide bonds. The second kappa shape index (κ2) is 5.11. The number of aromatic amines is 1. The van der Waals surface area contributed by atoms with Crippen molar-refractivity contribution in [1.82, 2.24) is 19.9 Å². The lowest BCUT2D eigenvalue weighted by molar-refractivity contribution is 0.102. The average molecular weight is 286 g/mol. The van der Waals surface area contributed by atoms with Crippen LogP contribution in [0.15, 0.2) is 23.5 Å². The Balaban J connectivity index is 2.24. The number of rotatable bonds is 2. The number of nitrogens with one attached hydrogen (secondary N) is 2. The summed E-state index contributed by atoms with van der Waals surface area (Å²) in [5.41, 5.74) is -0.393. The molecule has 9 heteroatoms. The Hall–Kier alpha value is -1.99. The first-order valence-electron chi connectivity index (χ1n) is 4.60. The summed E-state index contributed by atoms with van der Waals surface area (Å²) in [5.74, 6) is -0.516. The molecule has 18 heavy (non-hydrogen) atoms. The Kier molecular flexibility index (Phi) is 3.54. The molecule has 7 nitrogen and oxygen atoms in total. The Morgan fingerprint density at radius 2 is 2.06 bits per heavy atom. The van der Waals surface area contributed by atoms with E-state index in [9.17, 15) is 9.59 Å². The molecular formula is C9H5Cl2N5O2. The molecule has 0 spiro atoms. The molecule has 0 radical (unpaired) electrons. The minimum atomic E-state index is -0.581. The Morgan fingerprint density at radius 3 is 2.72 bits per heavy atom. The number of carbonyl (C=O) groups excluding carboxylic acids is 1. The van der Waals surface area contributed by atoms with Crippen molar-refractivity contribution in [3.8, 4) is 0 Å². The molecule has 0 bridgehead atoms. The summed E-state index contributed by atoms with van der Waals surface area (Å²) in [6.07, 6.45) is 3.32. The summed E-state index contributed by atoms with van der Waals surface area (Å²) in [6.45, 7) is 0. The maximum absolute atomic E-state index is 11.7. The molecule has 0 aromatic carbocycles. The van der Waals surface area contributed by atoms with Crippen LogP contribution in [0.4, 0.5) is 5.82 Å². The maximum Gasteiger partial charge on any atom is 0.276 e. The number of halogens is 2. The zero-order chi connectivity index (χ0) is 13.1. The van der Waals surface area contributed by atoms with E-state index in [0.29, 0.717) is 0 Å². The van der Waals surface area contributed by atoms with Crippen LogP contribution in [-0.4, -0.2) is 25.8 Å². The minimum absolute atomic E-state index is 0.0143. The number of carbonyl (C=O) groups is 1. The van der Waals surface area contributed by atoms with E-state index in [2.05, 4.69) is 25.3 Å². The quantitative estimate of drug-likeness (QED) is 0.805. The number of nitrogens with zero attached hydrogens (tertiary/aromatic N) is 3. The molecule has 0 saturated heterocycles. The van der Waals surface area contributed by atoms with Crippen molar-refractivity contribution in [3.05, 3.63) is 44.9 Å². The van der Waals surface area contributed by atoms with Gasteiger partial charge in [-0.25, -0.2) is 15.0 Å². The van der Waals surface area contributed by atoms with Gasteiger partial charge >= 0.3 is 0 Å². The van der Waals surface area contributed by atoms with E-state index in [4.69, 9.17) is 23.2 Å². The van der Waals surface area contributed by atoms with Gasteiger partial charge in [0.1, 0.15) is 17.0 Å². The highest BCUT2D eigenvalue weighted by atomic mass is 35.5. The summed E-state index contributed by atoms with van der Waals surface area (Å²) in [5, 5.41) is 2.45. The van der Waals surface area contributed by atoms with Crippen molar-refractivity contribution < 1.29 is 4.79 Å². The monoisotopic (exact) mass is 285 g/mol. The van der Waals surface area contributed by atoms with Gasteiger partial charge in [-0.05, 0) is 0 Å². The molecule has 2 heterocycles. The largest absolute Gasteiger partial charge is 0.325 e. The van der Waals surface area contributed by atoms with Crippen LogP contribution in [0.25, 0.3) is 0 Å². The van der Waals surface area contributed by atoms with Crippen LogP contribution in [0, 0.1) is 0 Å². The molecule has 0 aliphatic heterocycles. The van der Waals surface area contributed by atoms with E-state index in [1.54, 1.807) is 0 Å². The summed E-state index contributed by atoms with van der Waals surface area (Å²) in [4.78, 5) is 35.9. The molecular weight excluding hydrogens is 281 g/mol. The van der Waals surface area contributed by atoms with Gasteiger partial charge in [0.05, 0.1) is 6.20 Å². The van der Waals surface area contributed by atoms with Crippen LogP contribution < -0.4 is 10.9 Å². The van der Waals surface area contributed by atoms with Gasteiger partial charge < -0.3 is 10.3 Å². The van der Waals surface area contributed by atoms with Crippen molar-refractivity contribution in [1.29, 1.82) is 0 Å². The second-order valence-electron chi connectivity index (χ2n) is 3.08. The van der Waals surface area contributed by atoms with Crippen molar-refractivity contribution in [2.24, 2.45) is 0 Å². The lowest BCUT2D eigenvalue weighted by Gasteiger charge is -2.05. The van der Waals surface area contributed by atoms with Gasteiger partial charge in [-0.1, -0.05) is 23.2 Å². The molecule has 0 aliphatic rings. The van der Waals surface area contributed by atoms with Crippen LogP contribution in [0.2, 0.25) is 10.2 Å². The fourth-order valence-electron chi connectivity index (χ4n) is 1.07. The highest BCUT2D eigenvalue weighted by Crippen LogP contribution is 2.25. The van der Waals surface area contributed by atoms with E-state index in [0.717, 1.165) is 12.5 Å². The number of hydrogen-bond acceptors (Lipinski definition) is 5. The van der Waals surface area contributed by atoms with E-state index in [-0.39, 0.29) is 21.7 Å². The number of aromatic nitrogens is 4. The molecule has 2 aromatic heterocycles. The standard InChI is InChI=1S/C9H5Cl2N5O2/c10-6-7(11)14-3-15-8(6)16-9(18)4-1-13-5(17)2-12-4/h1-3H,(H,13,17)(H,14,15,16,18). The summed E-state index contributed by atoms with van der Waals surface area (Å²) in [6, 6.07) is 0. The fourth-order valence-corrected chi connectivity index (χ4v) is 1.35. The Morgan fingerprint density at radius 1 is 1.28 bits per heavy atom. The lowest BCUT2D eigenvalue weighted by Crippen LogP contribution is -2.17. The van der Waals surface area contributed by atoms with E-state index in [1.165, 1.54) is 6.20 Å². The molecule has 0 fully saturated rings. The molecule has 0 atom stereocenters. The van der Waals surface area contributed by atoms with Crippen molar-refractivity contribution in [2.75, 3.05) is 5.32 Å². The summed E-state index contributed by atoms with van der Waals surface area (Å²) < 4.78 is 0. The van der Waals surface area contributed by atoms with Gasteiger partial charge in [0.25, 0.3) is 11.5 Å². The maximum atomic E-state index is 11.7. The predicted octanol–water partition coefficient (Wildman–Crippen LogP) is 1.12. The minimum Gasteiger partial charge on any atom is -0.325 e. The number of H-pyrrole nitrogens is 1. The molecule has 0 saturated carbocycles. The molecule has 2 aromatic rings. The van der Waals surface area contributed by atoms with Crippen LogP contribution in [0.5, 0.6) is 0 Å². The first-order valence-corrected chi connectivity index (χ1v) is 5.35. The van der Waals surface area contributed by atoms with Crippen molar-refractivity contribution in [3.63, 3.8) is 0 Å². The molecule has 92 valence electrons. The SMILES string of the molecule is O=C(Nc1ncnc(Cl)c1Cl)c1c[nH]c(=O)cn1. The third-order valence-corrected chi connectivity index (χ3v) is 2.62.